The van der Waals surface area contributed by atoms with Crippen molar-refractivity contribution in [1.29, 1.82) is 0 Å². The summed E-state index contributed by atoms with van der Waals surface area (Å²) >= 11 is 1.96. The molecule has 0 N–H and O–H groups in total. The molecule has 142 valence electrons. The van der Waals surface area contributed by atoms with Crippen molar-refractivity contribution in [2.45, 2.75) is 36.3 Å². The molecule has 3 aromatic rings. The molecule has 2 aromatic heterocycles. The van der Waals surface area contributed by atoms with Crippen LogP contribution in [-0.4, -0.2) is 14.3 Å². The molecule has 0 aliphatic heterocycles. The summed E-state index contributed by atoms with van der Waals surface area (Å²) in [6, 6.07) is 7.73. The second-order valence-electron chi connectivity index (χ2n) is 6.46. The summed E-state index contributed by atoms with van der Waals surface area (Å²) in [5.74, 6) is -0.717. The Balaban J connectivity index is 1.83. The first kappa shape index (κ1) is 18.4. The molecular formula is C18H17NO5S3. The van der Waals surface area contributed by atoms with Crippen molar-refractivity contribution in [1.82, 2.24) is 0 Å². The zero-order chi connectivity index (χ0) is 19.0. The third-order valence-corrected chi connectivity index (χ3v) is 8.58. The summed E-state index contributed by atoms with van der Waals surface area (Å²) in [6.07, 6.45) is 4.29. The molecule has 0 saturated heterocycles. The Hall–Kier alpha value is -1.97. The van der Waals surface area contributed by atoms with E-state index in [9.17, 15) is 18.0 Å². The number of hydrogen-bond acceptors (Lipinski definition) is 7. The average Bonchev–Trinajstić information content (AvgIpc) is 3.31. The van der Waals surface area contributed by atoms with E-state index in [0.29, 0.717) is 23.1 Å². The number of fused-ring (bicyclic) bond motifs is 1. The minimum Gasteiger partial charge on any atom is -0.414 e. The van der Waals surface area contributed by atoms with Gasteiger partial charge in [0.15, 0.2) is 0 Å². The zero-order valence-corrected chi connectivity index (χ0v) is 16.7. The number of sulfonamides is 1. The zero-order valence-electron chi connectivity index (χ0n) is 14.3. The number of rotatable bonds is 4. The van der Waals surface area contributed by atoms with Crippen LogP contribution < -0.4 is 9.24 Å². The topological polar surface area (TPSA) is 84.7 Å². The summed E-state index contributed by atoms with van der Waals surface area (Å²) in [7, 11) is -4.02. The average molecular weight is 424 g/mol. The maximum Gasteiger partial charge on any atom is 0.396 e. The monoisotopic (exact) mass is 423 g/mol. The molecule has 1 aliphatic rings. The van der Waals surface area contributed by atoms with Gasteiger partial charge in [0.05, 0.1) is 10.4 Å². The molecule has 27 heavy (non-hydrogen) atoms. The highest BCUT2D eigenvalue weighted by atomic mass is 32.2. The van der Waals surface area contributed by atoms with E-state index in [0.717, 1.165) is 46.2 Å². The van der Waals surface area contributed by atoms with Crippen molar-refractivity contribution in [3.8, 4) is 0 Å². The van der Waals surface area contributed by atoms with Gasteiger partial charge in [0.25, 0.3) is 10.0 Å². The number of benzene rings is 1. The van der Waals surface area contributed by atoms with Crippen molar-refractivity contribution in [2.24, 2.45) is 5.92 Å². The van der Waals surface area contributed by atoms with Crippen LogP contribution in [0.2, 0.25) is 0 Å². The van der Waals surface area contributed by atoms with Crippen LogP contribution in [0.4, 0.5) is 5.69 Å². The van der Waals surface area contributed by atoms with Crippen molar-refractivity contribution < 1.29 is 17.6 Å². The van der Waals surface area contributed by atoms with Crippen LogP contribution in [0.5, 0.6) is 0 Å². The Morgan fingerprint density at radius 3 is 2.63 bits per heavy atom. The lowest BCUT2D eigenvalue weighted by Gasteiger charge is -2.28. The summed E-state index contributed by atoms with van der Waals surface area (Å²) in [5.41, 5.74) is 0.621. The van der Waals surface area contributed by atoms with Crippen LogP contribution in [0, 0.1) is 5.92 Å². The van der Waals surface area contributed by atoms with Crippen LogP contribution in [0.3, 0.4) is 0 Å². The van der Waals surface area contributed by atoms with Crippen LogP contribution in [0.1, 0.15) is 32.1 Å². The molecule has 1 aliphatic carbocycles. The molecule has 9 heteroatoms. The van der Waals surface area contributed by atoms with E-state index < -0.39 is 20.9 Å². The lowest BCUT2D eigenvalue weighted by molar-refractivity contribution is -0.122. The number of carbonyl (C=O) groups excluding carboxylic acids is 1. The van der Waals surface area contributed by atoms with Gasteiger partial charge in [-0.3, -0.25) is 4.79 Å². The van der Waals surface area contributed by atoms with Gasteiger partial charge in [0, 0.05) is 5.92 Å². The maximum atomic E-state index is 13.3. The molecule has 1 amide bonds. The van der Waals surface area contributed by atoms with Gasteiger partial charge in [-0.15, -0.1) is 11.3 Å². The lowest BCUT2D eigenvalue weighted by atomic mass is 9.88. The molecular weight excluding hydrogens is 406 g/mol. The third kappa shape index (κ3) is 3.46. The molecule has 0 spiro atoms. The first-order valence-corrected chi connectivity index (χ1v) is 11.8. The number of amides is 1. The highest BCUT2D eigenvalue weighted by molar-refractivity contribution is 7.95. The third-order valence-electron chi connectivity index (χ3n) is 4.69. The normalized spacial score (nSPS) is 15.9. The van der Waals surface area contributed by atoms with E-state index in [4.69, 9.17) is 4.42 Å². The van der Waals surface area contributed by atoms with E-state index in [1.807, 2.05) is 0 Å². The van der Waals surface area contributed by atoms with Crippen LogP contribution >= 0.6 is 22.7 Å². The molecule has 0 bridgehead atoms. The second kappa shape index (κ2) is 7.21. The molecule has 2 heterocycles. The number of anilines is 1. The highest BCUT2D eigenvalue weighted by Crippen LogP contribution is 2.34. The standard InChI is InChI=1S/C18H17NO5S3/c20-17(12-5-2-1-3-6-12)19(27(22,23)16-7-4-10-25-16)13-8-9-14-15(11-13)26-18(21)24-14/h4,7-12H,1-3,5-6H2. The Kier molecular flexibility index (Phi) is 4.92. The predicted octanol–water partition coefficient (Wildman–Crippen LogP) is 4.22. The Labute approximate surface area is 164 Å². The first-order chi connectivity index (χ1) is 13.0. The SMILES string of the molecule is O=C(C1CCCCC1)N(c1ccc2oc(=O)sc2c1)S(=O)(=O)c1cccs1. The summed E-state index contributed by atoms with van der Waals surface area (Å²) in [5, 5.41) is 1.67. The fourth-order valence-electron chi connectivity index (χ4n) is 3.39. The van der Waals surface area contributed by atoms with Crippen molar-refractivity contribution >= 4 is 54.6 Å². The van der Waals surface area contributed by atoms with Gasteiger partial charge in [-0.25, -0.2) is 9.10 Å². The Morgan fingerprint density at radius 2 is 1.93 bits per heavy atom. The van der Waals surface area contributed by atoms with Gasteiger partial charge >= 0.3 is 4.94 Å². The first-order valence-electron chi connectivity index (χ1n) is 8.63. The van der Waals surface area contributed by atoms with Crippen molar-refractivity contribution in [3.63, 3.8) is 0 Å². The number of hydrogen-bond donors (Lipinski definition) is 0. The molecule has 0 atom stereocenters. The van der Waals surface area contributed by atoms with Crippen LogP contribution in [-0.2, 0) is 14.8 Å². The Bertz CT molecular complexity index is 1120. The lowest BCUT2D eigenvalue weighted by Crippen LogP contribution is -2.41. The van der Waals surface area contributed by atoms with Crippen LogP contribution in [0.25, 0.3) is 10.3 Å². The van der Waals surface area contributed by atoms with Gasteiger partial charge in [-0.2, -0.15) is 8.42 Å². The van der Waals surface area contributed by atoms with Gasteiger partial charge in [-0.1, -0.05) is 36.7 Å². The molecule has 1 saturated carbocycles. The van der Waals surface area contributed by atoms with Gasteiger partial charge in [0.1, 0.15) is 9.79 Å². The van der Waals surface area contributed by atoms with Crippen LogP contribution in [0.15, 0.2) is 49.1 Å². The van der Waals surface area contributed by atoms with E-state index in [1.165, 1.54) is 24.3 Å². The molecule has 1 aromatic carbocycles. The van der Waals surface area contributed by atoms with Gasteiger partial charge in [0.2, 0.25) is 5.91 Å². The van der Waals surface area contributed by atoms with E-state index >= 15 is 0 Å². The van der Waals surface area contributed by atoms with Gasteiger partial charge < -0.3 is 4.42 Å². The van der Waals surface area contributed by atoms with E-state index in [1.54, 1.807) is 11.4 Å². The fraction of sp³-hybridized carbons (Fsp3) is 0.333. The summed E-state index contributed by atoms with van der Waals surface area (Å²) in [6.45, 7) is 0. The number of carbonyl (C=O) groups is 1. The molecule has 6 nitrogen and oxygen atoms in total. The predicted molar refractivity (Wildman–Crippen MR) is 106 cm³/mol. The maximum absolute atomic E-state index is 13.3. The molecule has 4 rings (SSSR count). The van der Waals surface area contributed by atoms with Gasteiger partial charge in [-0.05, 0) is 42.5 Å². The van der Waals surface area contributed by atoms with Crippen molar-refractivity contribution in [2.75, 3.05) is 4.31 Å². The highest BCUT2D eigenvalue weighted by Gasteiger charge is 2.36. The summed E-state index contributed by atoms with van der Waals surface area (Å²) < 4.78 is 33.1. The molecule has 1 fully saturated rings. The largest absolute Gasteiger partial charge is 0.414 e. The molecule has 0 radical (unpaired) electrons. The fourth-order valence-corrected chi connectivity index (χ4v) is 6.62. The number of thiophene rings is 1. The van der Waals surface area contributed by atoms with Crippen molar-refractivity contribution in [3.05, 3.63) is 45.4 Å². The van der Waals surface area contributed by atoms with E-state index in [2.05, 4.69) is 0 Å². The Morgan fingerprint density at radius 1 is 1.15 bits per heavy atom. The second-order valence-corrected chi connectivity index (χ2v) is 10.4. The minimum atomic E-state index is -4.02. The quantitative estimate of drug-likeness (QED) is 0.627. The molecule has 0 unspecified atom stereocenters. The van der Waals surface area contributed by atoms with E-state index in [-0.39, 0.29) is 15.8 Å². The number of nitrogens with zero attached hydrogens (tertiary/aromatic N) is 1. The summed E-state index contributed by atoms with van der Waals surface area (Å²) in [4.78, 5) is 24.3. The smallest absolute Gasteiger partial charge is 0.396 e. The minimum absolute atomic E-state index is 0.118.